The number of carboxylic acid groups (broad SMARTS) is 1. The maximum absolute atomic E-state index is 13.9. The standard InChI is InChI=1S/C32H39F4N3O7/c1-15(2)26(39-30(45)29(44)37-20-11-16(31(3,4)5)9-10-17(20)32(6,7)8)28(43)38-21(13-23(41)42)22(40)14-46-27-24(35)18(33)12-19(34)25(27)36/h9-12,15,21,26H,13-14H2,1-8H3,(H,37,44)(H,38,43)(H,39,45)(H,41,42)/t21-,26-/m0/s1. The SMILES string of the molecule is CC(C)[C@H](NC(=O)C(=O)Nc1cc(C(C)(C)C)ccc1C(C)(C)C)C(=O)N[C@@H](CC(=O)O)C(=O)COc1c(F)c(F)cc(F)c1F. The van der Waals surface area contributed by atoms with Gasteiger partial charge in [-0.3, -0.25) is 24.0 Å². The number of Topliss-reactive ketones (excluding diaryl/α,β-unsaturated/α-hetero) is 1. The van der Waals surface area contributed by atoms with Crippen LogP contribution in [0.2, 0.25) is 0 Å². The van der Waals surface area contributed by atoms with E-state index in [0.717, 1.165) is 11.1 Å². The molecule has 0 fully saturated rings. The zero-order valence-electron chi connectivity index (χ0n) is 26.9. The van der Waals surface area contributed by atoms with Gasteiger partial charge in [-0.2, -0.15) is 8.78 Å². The first kappa shape index (κ1) is 37.7. The lowest BCUT2D eigenvalue weighted by Crippen LogP contribution is -2.56. The smallest absolute Gasteiger partial charge is 0.313 e. The number of hydrogen-bond donors (Lipinski definition) is 4. The van der Waals surface area contributed by atoms with E-state index in [0.29, 0.717) is 5.69 Å². The number of carbonyl (C=O) groups excluding carboxylic acids is 4. The molecule has 0 saturated carbocycles. The van der Waals surface area contributed by atoms with Crippen LogP contribution >= 0.6 is 0 Å². The Balaban J connectivity index is 2.24. The fraction of sp³-hybridized carbons (Fsp3) is 0.469. The van der Waals surface area contributed by atoms with Crippen molar-refractivity contribution < 1.29 is 51.4 Å². The summed E-state index contributed by atoms with van der Waals surface area (Å²) in [7, 11) is 0. The highest BCUT2D eigenvalue weighted by atomic mass is 19.2. The molecule has 0 unspecified atom stereocenters. The summed E-state index contributed by atoms with van der Waals surface area (Å²) in [5.74, 6) is -15.8. The molecule has 10 nitrogen and oxygen atoms in total. The summed E-state index contributed by atoms with van der Waals surface area (Å²) in [5.41, 5.74) is 1.35. The minimum atomic E-state index is -1.92. The molecule has 0 spiro atoms. The van der Waals surface area contributed by atoms with E-state index in [2.05, 4.69) is 20.7 Å². The monoisotopic (exact) mass is 653 g/mol. The third-order valence-electron chi connectivity index (χ3n) is 6.90. The molecule has 3 amide bonds. The second-order valence-corrected chi connectivity index (χ2v) is 13.1. The van der Waals surface area contributed by atoms with Gasteiger partial charge < -0.3 is 25.8 Å². The van der Waals surface area contributed by atoms with E-state index in [1.807, 2.05) is 53.7 Å². The Kier molecular flexibility index (Phi) is 12.1. The Hall–Kier alpha value is -4.49. The number of ketones is 1. The number of amides is 3. The summed E-state index contributed by atoms with van der Waals surface area (Å²) in [6.07, 6.45) is -1.02. The van der Waals surface area contributed by atoms with Gasteiger partial charge in [0.05, 0.1) is 6.42 Å². The van der Waals surface area contributed by atoms with Crippen molar-refractivity contribution >= 4 is 35.2 Å². The largest absolute Gasteiger partial charge is 0.481 e. The fourth-order valence-electron chi connectivity index (χ4n) is 4.29. The Morgan fingerprint density at radius 3 is 1.87 bits per heavy atom. The van der Waals surface area contributed by atoms with Crippen molar-refractivity contribution in [3.8, 4) is 5.75 Å². The number of halogens is 4. The zero-order valence-corrected chi connectivity index (χ0v) is 26.9. The van der Waals surface area contributed by atoms with E-state index in [1.54, 1.807) is 6.07 Å². The highest BCUT2D eigenvalue weighted by Crippen LogP contribution is 2.34. The van der Waals surface area contributed by atoms with E-state index in [9.17, 15) is 46.6 Å². The third-order valence-corrected chi connectivity index (χ3v) is 6.90. The third kappa shape index (κ3) is 9.75. The van der Waals surface area contributed by atoms with Crippen LogP contribution in [0.25, 0.3) is 0 Å². The summed E-state index contributed by atoms with van der Waals surface area (Å²) in [6, 6.07) is 2.18. The fourth-order valence-corrected chi connectivity index (χ4v) is 4.29. The second-order valence-electron chi connectivity index (χ2n) is 13.1. The van der Waals surface area contributed by atoms with Crippen LogP contribution < -0.4 is 20.7 Å². The Morgan fingerprint density at radius 2 is 1.39 bits per heavy atom. The van der Waals surface area contributed by atoms with E-state index in [1.165, 1.54) is 13.8 Å². The van der Waals surface area contributed by atoms with Crippen LogP contribution in [0, 0.1) is 29.2 Å². The number of hydrogen-bond acceptors (Lipinski definition) is 6. The number of ether oxygens (including phenoxy) is 1. The minimum Gasteiger partial charge on any atom is -0.481 e. The van der Waals surface area contributed by atoms with Gasteiger partial charge >= 0.3 is 17.8 Å². The summed E-state index contributed by atoms with van der Waals surface area (Å²) in [4.78, 5) is 63.3. The predicted octanol–water partition coefficient (Wildman–Crippen LogP) is 4.52. The molecule has 2 aromatic carbocycles. The quantitative estimate of drug-likeness (QED) is 0.158. The van der Waals surface area contributed by atoms with Gasteiger partial charge in [0.1, 0.15) is 18.7 Å². The van der Waals surface area contributed by atoms with Gasteiger partial charge in [0, 0.05) is 11.8 Å². The molecule has 46 heavy (non-hydrogen) atoms. The normalized spacial score (nSPS) is 13.1. The summed E-state index contributed by atoms with van der Waals surface area (Å²) < 4.78 is 59.4. The van der Waals surface area contributed by atoms with Crippen LogP contribution in [0.3, 0.4) is 0 Å². The van der Waals surface area contributed by atoms with Crippen molar-refractivity contribution in [3.63, 3.8) is 0 Å². The van der Waals surface area contributed by atoms with Crippen molar-refractivity contribution in [1.82, 2.24) is 10.6 Å². The van der Waals surface area contributed by atoms with Crippen molar-refractivity contribution in [2.24, 2.45) is 5.92 Å². The van der Waals surface area contributed by atoms with Crippen LogP contribution in [-0.4, -0.2) is 53.3 Å². The predicted molar refractivity (Wildman–Crippen MR) is 160 cm³/mol. The number of carboxylic acids is 1. The molecule has 0 bridgehead atoms. The number of nitrogens with one attached hydrogen (secondary N) is 3. The van der Waals surface area contributed by atoms with Gasteiger partial charge in [0.2, 0.25) is 17.5 Å². The number of benzene rings is 2. The van der Waals surface area contributed by atoms with Crippen LogP contribution in [-0.2, 0) is 34.8 Å². The lowest BCUT2D eigenvalue weighted by atomic mass is 9.81. The molecule has 2 rings (SSSR count). The van der Waals surface area contributed by atoms with Crippen LogP contribution in [0.1, 0.15) is 72.9 Å². The van der Waals surface area contributed by atoms with E-state index >= 15 is 0 Å². The van der Waals surface area contributed by atoms with Crippen molar-refractivity contribution in [2.75, 3.05) is 11.9 Å². The van der Waals surface area contributed by atoms with Gasteiger partial charge in [-0.05, 0) is 33.9 Å². The molecule has 0 heterocycles. The average Bonchev–Trinajstić information content (AvgIpc) is 2.92. The number of carbonyl (C=O) groups is 5. The minimum absolute atomic E-state index is 0.0695. The summed E-state index contributed by atoms with van der Waals surface area (Å²) >= 11 is 0. The topological polar surface area (TPSA) is 151 Å². The number of anilines is 1. The lowest BCUT2D eigenvalue weighted by molar-refractivity contribution is -0.141. The average molecular weight is 654 g/mol. The molecule has 0 aliphatic carbocycles. The molecule has 252 valence electrons. The Bertz CT molecular complexity index is 1490. The maximum atomic E-state index is 13.9. The molecule has 4 N–H and O–H groups in total. The van der Waals surface area contributed by atoms with Crippen molar-refractivity contribution in [1.29, 1.82) is 0 Å². The first-order valence-corrected chi connectivity index (χ1v) is 14.3. The number of rotatable bonds is 11. The van der Waals surface area contributed by atoms with Crippen LogP contribution in [0.15, 0.2) is 24.3 Å². The molecule has 0 aliphatic heterocycles. The Morgan fingerprint density at radius 1 is 0.826 bits per heavy atom. The molecule has 2 aromatic rings. The summed E-state index contributed by atoms with van der Waals surface area (Å²) in [6.45, 7) is 13.5. The maximum Gasteiger partial charge on any atom is 0.313 e. The van der Waals surface area contributed by atoms with Gasteiger partial charge in [0.25, 0.3) is 0 Å². The van der Waals surface area contributed by atoms with Gasteiger partial charge in [-0.1, -0.05) is 67.5 Å². The molecule has 0 radical (unpaired) electrons. The highest BCUT2D eigenvalue weighted by molar-refractivity contribution is 6.40. The van der Waals surface area contributed by atoms with Gasteiger partial charge in [-0.25, -0.2) is 8.78 Å². The second kappa shape index (κ2) is 14.7. The lowest BCUT2D eigenvalue weighted by Gasteiger charge is -2.27. The highest BCUT2D eigenvalue weighted by Gasteiger charge is 2.33. The molecule has 2 atom stereocenters. The van der Waals surface area contributed by atoms with E-state index in [-0.39, 0.29) is 11.5 Å². The molecule has 0 aliphatic rings. The zero-order chi connectivity index (χ0) is 35.3. The molecule has 0 saturated heterocycles. The molecular formula is C32H39F4N3O7. The first-order valence-electron chi connectivity index (χ1n) is 14.3. The van der Waals surface area contributed by atoms with E-state index in [4.69, 9.17) is 0 Å². The first-order chi connectivity index (χ1) is 21.0. The molecule has 14 heteroatoms. The van der Waals surface area contributed by atoms with Crippen LogP contribution in [0.5, 0.6) is 5.75 Å². The Labute approximate surface area is 264 Å². The van der Waals surface area contributed by atoms with Gasteiger partial charge in [-0.15, -0.1) is 0 Å². The van der Waals surface area contributed by atoms with Gasteiger partial charge in [0.15, 0.2) is 23.2 Å². The van der Waals surface area contributed by atoms with Crippen LogP contribution in [0.4, 0.5) is 23.2 Å². The number of aliphatic carboxylic acids is 1. The van der Waals surface area contributed by atoms with Crippen molar-refractivity contribution in [2.45, 2.75) is 84.7 Å². The van der Waals surface area contributed by atoms with E-state index < -0.39 is 94.9 Å². The molecular weight excluding hydrogens is 614 g/mol. The summed E-state index contributed by atoms with van der Waals surface area (Å²) in [5, 5.41) is 16.3. The van der Waals surface area contributed by atoms with Crippen molar-refractivity contribution in [3.05, 3.63) is 58.7 Å². The molecule has 0 aromatic heterocycles.